The van der Waals surface area contributed by atoms with Crippen molar-refractivity contribution in [1.29, 1.82) is 0 Å². The Morgan fingerprint density at radius 3 is 2.48 bits per heavy atom. The number of aryl methyl sites for hydroxylation is 1. The molecule has 1 aliphatic rings. The molecule has 0 saturated carbocycles. The number of hydrogen-bond donors (Lipinski definition) is 1. The van der Waals surface area contributed by atoms with Crippen molar-refractivity contribution >= 4 is 17.7 Å². The highest BCUT2D eigenvalue weighted by Gasteiger charge is 2.42. The van der Waals surface area contributed by atoms with E-state index in [1.807, 2.05) is 32.9 Å². The molecule has 1 aromatic rings. The number of methoxy groups -OCH3 is 1. The van der Waals surface area contributed by atoms with Crippen LogP contribution in [-0.2, 0) is 27.1 Å². The standard InChI is InChI=1S/C24H37NO4/c1-7-8-9-14-24(5,21(26)28-6)19-12-10-17-11-13-20(16-18(17)15-19)25-22(27)29-23(2,3)4/h11,13,16,19H,7-10,12,14-15H2,1-6H3,(H,25,27)/t19-,24?/m1/s1. The van der Waals surface area contributed by atoms with Crippen LogP contribution in [0.15, 0.2) is 18.2 Å². The summed E-state index contributed by atoms with van der Waals surface area (Å²) >= 11 is 0. The summed E-state index contributed by atoms with van der Waals surface area (Å²) in [4.78, 5) is 24.8. The normalized spacial score (nSPS) is 18.3. The zero-order valence-electron chi connectivity index (χ0n) is 18.9. The molecule has 162 valence electrons. The highest BCUT2D eigenvalue weighted by atomic mass is 16.6. The van der Waals surface area contributed by atoms with Gasteiger partial charge in [-0.25, -0.2) is 4.79 Å². The van der Waals surface area contributed by atoms with Crippen molar-refractivity contribution in [3.63, 3.8) is 0 Å². The molecule has 0 aliphatic heterocycles. The maximum atomic E-state index is 12.7. The third-order valence-corrected chi connectivity index (χ3v) is 5.93. The molecular formula is C24H37NO4. The first kappa shape index (κ1) is 23.2. The van der Waals surface area contributed by atoms with Crippen LogP contribution in [0.25, 0.3) is 0 Å². The SMILES string of the molecule is CCCCCC(C)(C(=O)OC)[C@@H]1CCc2ccc(NC(=O)OC(C)(C)C)cc2C1. The van der Waals surface area contributed by atoms with Crippen molar-refractivity contribution in [3.8, 4) is 0 Å². The first-order valence-corrected chi connectivity index (χ1v) is 10.8. The first-order valence-electron chi connectivity index (χ1n) is 10.8. The summed E-state index contributed by atoms with van der Waals surface area (Å²) in [6, 6.07) is 6.02. The molecule has 0 fully saturated rings. The van der Waals surface area contributed by atoms with E-state index in [0.29, 0.717) is 0 Å². The van der Waals surface area contributed by atoms with Crippen molar-refractivity contribution in [1.82, 2.24) is 0 Å². The first-order chi connectivity index (χ1) is 13.6. The number of anilines is 1. The molecule has 5 nitrogen and oxygen atoms in total. The Hall–Kier alpha value is -2.04. The maximum absolute atomic E-state index is 12.7. The van der Waals surface area contributed by atoms with E-state index in [1.165, 1.54) is 18.2 Å². The molecule has 0 aromatic heterocycles. The molecule has 1 unspecified atom stereocenters. The van der Waals surface area contributed by atoms with Crippen LogP contribution in [0.2, 0.25) is 0 Å². The van der Waals surface area contributed by atoms with Gasteiger partial charge >= 0.3 is 12.1 Å². The van der Waals surface area contributed by atoms with Gasteiger partial charge in [-0.15, -0.1) is 0 Å². The number of rotatable bonds is 7. The number of carbonyl (C=O) groups is 2. The molecule has 0 bridgehead atoms. The molecule has 1 aromatic carbocycles. The summed E-state index contributed by atoms with van der Waals surface area (Å²) in [6.07, 6.45) is 6.41. The number of fused-ring (bicyclic) bond motifs is 1. The second kappa shape index (κ2) is 9.64. The van der Waals surface area contributed by atoms with Crippen LogP contribution in [0.1, 0.15) is 77.8 Å². The van der Waals surface area contributed by atoms with Gasteiger partial charge in [0.15, 0.2) is 0 Å². The second-order valence-corrected chi connectivity index (χ2v) is 9.42. The average molecular weight is 404 g/mol. The average Bonchev–Trinajstić information content (AvgIpc) is 2.65. The quantitative estimate of drug-likeness (QED) is 0.455. The lowest BCUT2D eigenvalue weighted by Crippen LogP contribution is -2.40. The molecule has 1 aliphatic carbocycles. The predicted molar refractivity (Wildman–Crippen MR) is 116 cm³/mol. The van der Waals surface area contributed by atoms with Crippen molar-refractivity contribution in [3.05, 3.63) is 29.3 Å². The van der Waals surface area contributed by atoms with E-state index in [9.17, 15) is 9.59 Å². The van der Waals surface area contributed by atoms with Crippen LogP contribution in [0, 0.1) is 11.3 Å². The van der Waals surface area contributed by atoms with Crippen LogP contribution in [-0.4, -0.2) is 24.8 Å². The van der Waals surface area contributed by atoms with E-state index in [4.69, 9.17) is 9.47 Å². The van der Waals surface area contributed by atoms with E-state index in [0.717, 1.165) is 50.6 Å². The number of esters is 1. The summed E-state index contributed by atoms with van der Waals surface area (Å²) in [6.45, 7) is 9.77. The van der Waals surface area contributed by atoms with Gasteiger partial charge in [0.1, 0.15) is 5.60 Å². The Morgan fingerprint density at radius 1 is 1.14 bits per heavy atom. The molecular weight excluding hydrogens is 366 g/mol. The topological polar surface area (TPSA) is 64.6 Å². The van der Waals surface area contributed by atoms with Gasteiger partial charge in [0.05, 0.1) is 12.5 Å². The van der Waals surface area contributed by atoms with E-state index in [-0.39, 0.29) is 11.9 Å². The molecule has 0 radical (unpaired) electrons. The number of unbranched alkanes of at least 4 members (excludes halogenated alkanes) is 2. The van der Waals surface area contributed by atoms with Gasteiger partial charge in [-0.1, -0.05) is 32.3 Å². The fourth-order valence-corrected chi connectivity index (χ4v) is 4.25. The van der Waals surface area contributed by atoms with Crippen LogP contribution in [0.5, 0.6) is 0 Å². The lowest BCUT2D eigenvalue weighted by molar-refractivity contribution is -0.156. The molecule has 0 heterocycles. The summed E-state index contributed by atoms with van der Waals surface area (Å²) in [5.41, 5.74) is 2.20. The lowest BCUT2D eigenvalue weighted by atomic mass is 9.66. The smallest absolute Gasteiger partial charge is 0.412 e. The number of benzene rings is 1. The summed E-state index contributed by atoms with van der Waals surface area (Å²) in [5, 5.41) is 2.83. The van der Waals surface area contributed by atoms with Gasteiger partial charge in [-0.2, -0.15) is 0 Å². The number of ether oxygens (including phenoxy) is 2. The van der Waals surface area contributed by atoms with Crippen LogP contribution < -0.4 is 5.32 Å². The Balaban J connectivity index is 2.16. The molecule has 1 amide bonds. The molecule has 0 saturated heterocycles. The van der Waals surface area contributed by atoms with Gasteiger partial charge in [0, 0.05) is 5.69 Å². The summed E-state index contributed by atoms with van der Waals surface area (Å²) in [7, 11) is 1.49. The number of hydrogen-bond acceptors (Lipinski definition) is 4. The zero-order valence-corrected chi connectivity index (χ0v) is 18.9. The minimum atomic E-state index is -0.537. The van der Waals surface area contributed by atoms with E-state index < -0.39 is 17.1 Å². The molecule has 1 N–H and O–H groups in total. The van der Waals surface area contributed by atoms with Crippen molar-refractivity contribution < 1.29 is 19.1 Å². The Labute approximate surface area is 175 Å². The molecule has 2 atom stereocenters. The van der Waals surface area contributed by atoms with Crippen molar-refractivity contribution in [2.24, 2.45) is 11.3 Å². The maximum Gasteiger partial charge on any atom is 0.412 e. The van der Waals surface area contributed by atoms with E-state index in [1.54, 1.807) is 0 Å². The number of carbonyl (C=O) groups excluding carboxylic acids is 2. The van der Waals surface area contributed by atoms with Gasteiger partial charge in [-0.05, 0) is 82.6 Å². The zero-order chi connectivity index (χ0) is 21.7. The second-order valence-electron chi connectivity index (χ2n) is 9.42. The third-order valence-electron chi connectivity index (χ3n) is 5.93. The van der Waals surface area contributed by atoms with Gasteiger partial charge in [0.25, 0.3) is 0 Å². The van der Waals surface area contributed by atoms with E-state index in [2.05, 4.69) is 25.2 Å². The third kappa shape index (κ3) is 6.22. The Bertz CT molecular complexity index is 722. The highest BCUT2D eigenvalue weighted by molar-refractivity contribution is 5.85. The Morgan fingerprint density at radius 2 is 1.86 bits per heavy atom. The largest absolute Gasteiger partial charge is 0.469 e. The van der Waals surface area contributed by atoms with Crippen molar-refractivity contribution in [2.75, 3.05) is 12.4 Å². The summed E-state index contributed by atoms with van der Waals surface area (Å²) < 4.78 is 10.5. The summed E-state index contributed by atoms with van der Waals surface area (Å²) in [5.74, 6) is 0.126. The molecule has 29 heavy (non-hydrogen) atoms. The van der Waals surface area contributed by atoms with Gasteiger partial charge in [-0.3, -0.25) is 10.1 Å². The Kier molecular flexibility index (Phi) is 7.73. The van der Waals surface area contributed by atoms with Crippen LogP contribution >= 0.6 is 0 Å². The molecule has 0 spiro atoms. The molecule has 5 heteroatoms. The fourth-order valence-electron chi connectivity index (χ4n) is 4.25. The van der Waals surface area contributed by atoms with Crippen LogP contribution in [0.4, 0.5) is 10.5 Å². The minimum absolute atomic E-state index is 0.106. The van der Waals surface area contributed by atoms with Crippen molar-refractivity contribution in [2.45, 2.75) is 85.2 Å². The van der Waals surface area contributed by atoms with Gasteiger partial charge in [0.2, 0.25) is 0 Å². The molecule has 2 rings (SSSR count). The minimum Gasteiger partial charge on any atom is -0.469 e. The predicted octanol–water partition coefficient (Wildman–Crippen LogP) is 5.90. The van der Waals surface area contributed by atoms with E-state index >= 15 is 0 Å². The fraction of sp³-hybridized carbons (Fsp3) is 0.667. The van der Waals surface area contributed by atoms with Crippen LogP contribution in [0.3, 0.4) is 0 Å². The van der Waals surface area contributed by atoms with Gasteiger partial charge < -0.3 is 9.47 Å². The number of nitrogens with one attached hydrogen (secondary N) is 1. The lowest BCUT2D eigenvalue weighted by Gasteiger charge is -2.38. The monoisotopic (exact) mass is 403 g/mol. The highest BCUT2D eigenvalue weighted by Crippen LogP contribution is 2.43. The number of amides is 1.